The molecule has 1 aromatic heterocycles. The smallest absolute Gasteiger partial charge is 0.316 e. The fourth-order valence-electron chi connectivity index (χ4n) is 4.48. The molecule has 0 spiro atoms. The molecule has 0 amide bonds. The Hall–Kier alpha value is -3.34. The summed E-state index contributed by atoms with van der Waals surface area (Å²) in [6.07, 6.45) is 6.08. The van der Waals surface area contributed by atoms with E-state index >= 15 is 0 Å². The van der Waals surface area contributed by atoms with Gasteiger partial charge >= 0.3 is 5.97 Å². The van der Waals surface area contributed by atoms with Crippen molar-refractivity contribution in [2.45, 2.75) is 71.8 Å². The van der Waals surface area contributed by atoms with E-state index in [1.165, 1.54) is 5.57 Å². The van der Waals surface area contributed by atoms with Crippen LogP contribution >= 0.6 is 0 Å². The van der Waals surface area contributed by atoms with Gasteiger partial charge in [0, 0.05) is 11.6 Å². The van der Waals surface area contributed by atoms with E-state index in [4.69, 9.17) is 9.26 Å². The van der Waals surface area contributed by atoms with Crippen LogP contribution in [0.25, 0.3) is 22.5 Å². The summed E-state index contributed by atoms with van der Waals surface area (Å²) in [5.74, 6) is 0.665. The quantitative estimate of drug-likeness (QED) is 0.245. The van der Waals surface area contributed by atoms with E-state index in [0.29, 0.717) is 12.6 Å². The first-order valence-electron chi connectivity index (χ1n) is 12.6. The van der Waals surface area contributed by atoms with E-state index < -0.39 is 5.41 Å². The Kier molecular flexibility index (Phi) is 7.44. The second-order valence-electron chi connectivity index (χ2n) is 9.83. The van der Waals surface area contributed by atoms with Crippen molar-refractivity contribution < 1.29 is 14.1 Å². The van der Waals surface area contributed by atoms with Crippen LogP contribution in [0.2, 0.25) is 0 Å². The molecule has 5 heteroatoms. The van der Waals surface area contributed by atoms with Gasteiger partial charge < -0.3 is 14.6 Å². The van der Waals surface area contributed by atoms with Crippen LogP contribution in [0.15, 0.2) is 64.7 Å². The number of carbonyl (C=O) groups excluding carboxylic acids is 1. The molecule has 184 valence electrons. The zero-order valence-corrected chi connectivity index (χ0v) is 21.5. The molecule has 2 aromatic carbocycles. The van der Waals surface area contributed by atoms with Gasteiger partial charge in [-0.05, 0) is 77.0 Å². The van der Waals surface area contributed by atoms with Gasteiger partial charge in [-0.15, -0.1) is 0 Å². The summed E-state index contributed by atoms with van der Waals surface area (Å²) in [4.78, 5) is 12.4. The molecule has 1 atom stereocenters. The first-order valence-corrected chi connectivity index (χ1v) is 12.6. The predicted molar refractivity (Wildman–Crippen MR) is 141 cm³/mol. The highest BCUT2D eigenvalue weighted by Gasteiger charge is 2.52. The van der Waals surface area contributed by atoms with E-state index in [9.17, 15) is 4.79 Å². The van der Waals surface area contributed by atoms with Gasteiger partial charge in [0.05, 0.1) is 12.0 Å². The van der Waals surface area contributed by atoms with Crippen molar-refractivity contribution in [3.63, 3.8) is 0 Å². The van der Waals surface area contributed by atoms with E-state index in [1.807, 2.05) is 13.8 Å². The summed E-state index contributed by atoms with van der Waals surface area (Å²) in [5, 5.41) is 7.81. The van der Waals surface area contributed by atoms with Crippen molar-refractivity contribution in [3.05, 3.63) is 71.4 Å². The highest BCUT2D eigenvalue weighted by molar-refractivity contribution is 5.87. The van der Waals surface area contributed by atoms with Crippen LogP contribution in [0, 0.1) is 6.92 Å². The van der Waals surface area contributed by atoms with E-state index in [2.05, 4.69) is 85.9 Å². The van der Waals surface area contributed by atoms with Crippen molar-refractivity contribution in [2.75, 3.05) is 11.9 Å². The second kappa shape index (κ2) is 10.5. The third-order valence-corrected chi connectivity index (χ3v) is 6.74. The predicted octanol–water partition coefficient (Wildman–Crippen LogP) is 7.46. The molecule has 5 nitrogen and oxygen atoms in total. The average molecular weight is 473 g/mol. The normalized spacial score (nSPS) is 14.8. The Morgan fingerprint density at radius 1 is 1.09 bits per heavy atom. The summed E-state index contributed by atoms with van der Waals surface area (Å²) in [5.41, 5.74) is 6.99. The lowest BCUT2D eigenvalue weighted by Gasteiger charge is -2.15. The Bertz CT molecular complexity index is 1180. The number of esters is 1. The topological polar surface area (TPSA) is 64.4 Å². The number of hydrogen-bond acceptors (Lipinski definition) is 5. The molecule has 1 saturated carbocycles. The summed E-state index contributed by atoms with van der Waals surface area (Å²) in [6, 6.07) is 17.0. The van der Waals surface area contributed by atoms with Crippen molar-refractivity contribution in [1.29, 1.82) is 0 Å². The van der Waals surface area contributed by atoms with E-state index in [1.54, 1.807) is 0 Å². The molecular formula is C30H36N2O3. The average Bonchev–Trinajstić information content (AvgIpc) is 3.59. The molecule has 1 aliphatic carbocycles. The lowest BCUT2D eigenvalue weighted by atomic mass is 9.93. The maximum absolute atomic E-state index is 12.4. The Balaban J connectivity index is 1.47. The Labute approximate surface area is 208 Å². The summed E-state index contributed by atoms with van der Waals surface area (Å²) < 4.78 is 11.0. The second-order valence-corrected chi connectivity index (χ2v) is 9.83. The molecular weight excluding hydrogens is 436 g/mol. The summed E-state index contributed by atoms with van der Waals surface area (Å²) >= 11 is 0. The molecule has 35 heavy (non-hydrogen) atoms. The molecule has 0 saturated heterocycles. The lowest BCUT2D eigenvalue weighted by Crippen LogP contribution is -2.23. The van der Waals surface area contributed by atoms with Gasteiger partial charge in [0.2, 0.25) is 0 Å². The molecule has 1 heterocycles. The summed E-state index contributed by atoms with van der Waals surface area (Å²) in [6.45, 7) is 10.7. The molecule has 1 aliphatic rings. The van der Waals surface area contributed by atoms with Crippen LogP contribution in [0.1, 0.15) is 64.6 Å². The Morgan fingerprint density at radius 3 is 2.26 bits per heavy atom. The zero-order valence-electron chi connectivity index (χ0n) is 21.5. The van der Waals surface area contributed by atoms with Crippen LogP contribution in [-0.2, 0) is 14.9 Å². The fourth-order valence-corrected chi connectivity index (χ4v) is 4.48. The minimum atomic E-state index is -0.436. The molecule has 3 aromatic rings. The fraction of sp³-hybridized carbons (Fsp3) is 0.400. The van der Waals surface area contributed by atoms with Crippen molar-refractivity contribution in [3.8, 4) is 22.5 Å². The van der Waals surface area contributed by atoms with Crippen LogP contribution in [0.3, 0.4) is 0 Å². The number of aryl methyl sites for hydroxylation is 1. The third-order valence-electron chi connectivity index (χ3n) is 6.74. The monoisotopic (exact) mass is 472 g/mol. The Morgan fingerprint density at radius 2 is 1.69 bits per heavy atom. The van der Waals surface area contributed by atoms with Gasteiger partial charge in [0.15, 0.2) is 5.76 Å². The number of rotatable bonds is 10. The number of benzene rings is 2. The van der Waals surface area contributed by atoms with Gasteiger partial charge in [0.25, 0.3) is 0 Å². The molecule has 4 rings (SSSR count). The standard InChI is InChI=1S/C30H36N2O3/c1-6-34-29(33)30(18-19-30)26-16-14-24(15-17-26)23-10-12-25(13-11-23)28-27(22(5)32-35-28)31-21(4)9-7-8-20(2)3/h8,10-17,21,31H,6-7,9,18-19H2,1-5H3. The van der Waals surface area contributed by atoms with Crippen LogP contribution in [-0.4, -0.2) is 23.8 Å². The van der Waals surface area contributed by atoms with Gasteiger partial charge in [-0.1, -0.05) is 65.3 Å². The van der Waals surface area contributed by atoms with Crippen LogP contribution in [0.4, 0.5) is 5.69 Å². The SMILES string of the molecule is CCOC(=O)C1(c2ccc(-c3ccc(-c4onc(C)c4NC(C)CCC=C(C)C)cc3)cc2)CC1. The highest BCUT2D eigenvalue weighted by atomic mass is 16.5. The minimum Gasteiger partial charge on any atom is -0.465 e. The largest absolute Gasteiger partial charge is 0.465 e. The number of allylic oxidation sites excluding steroid dienone is 2. The number of ether oxygens (including phenoxy) is 1. The number of nitrogens with zero attached hydrogens (tertiary/aromatic N) is 1. The number of carbonyl (C=O) groups is 1. The van der Waals surface area contributed by atoms with E-state index in [-0.39, 0.29) is 5.97 Å². The number of aromatic nitrogens is 1. The van der Waals surface area contributed by atoms with Gasteiger partial charge in [-0.3, -0.25) is 4.79 Å². The highest BCUT2D eigenvalue weighted by Crippen LogP contribution is 2.49. The van der Waals surface area contributed by atoms with Crippen molar-refractivity contribution in [2.24, 2.45) is 0 Å². The molecule has 1 unspecified atom stereocenters. The van der Waals surface area contributed by atoms with Crippen molar-refractivity contribution >= 4 is 11.7 Å². The van der Waals surface area contributed by atoms with E-state index in [0.717, 1.165) is 65.1 Å². The molecule has 1 fully saturated rings. The number of anilines is 1. The summed E-state index contributed by atoms with van der Waals surface area (Å²) in [7, 11) is 0. The van der Waals surface area contributed by atoms with Gasteiger partial charge in [0.1, 0.15) is 11.4 Å². The molecule has 1 N–H and O–H groups in total. The molecule has 0 radical (unpaired) electrons. The molecule has 0 bridgehead atoms. The lowest BCUT2D eigenvalue weighted by molar-refractivity contribution is -0.146. The molecule has 0 aliphatic heterocycles. The number of hydrogen-bond donors (Lipinski definition) is 1. The van der Waals surface area contributed by atoms with Crippen LogP contribution in [0.5, 0.6) is 0 Å². The first-order chi connectivity index (χ1) is 16.8. The third kappa shape index (κ3) is 5.50. The van der Waals surface area contributed by atoms with Gasteiger partial charge in [-0.2, -0.15) is 0 Å². The zero-order chi connectivity index (χ0) is 25.0. The maximum Gasteiger partial charge on any atom is 0.316 e. The minimum absolute atomic E-state index is 0.102. The van der Waals surface area contributed by atoms with Gasteiger partial charge in [-0.25, -0.2) is 0 Å². The van der Waals surface area contributed by atoms with Crippen molar-refractivity contribution in [1.82, 2.24) is 5.16 Å². The maximum atomic E-state index is 12.4. The number of nitrogens with one attached hydrogen (secondary N) is 1. The first kappa shape index (κ1) is 24.8. The van der Waals surface area contributed by atoms with Crippen LogP contribution < -0.4 is 5.32 Å².